The van der Waals surface area contributed by atoms with Crippen LogP contribution >= 0.6 is 0 Å². The third-order valence-electron chi connectivity index (χ3n) is 4.54. The minimum absolute atomic E-state index is 0.00788. The Morgan fingerprint density at radius 3 is 2.44 bits per heavy atom. The van der Waals surface area contributed by atoms with Crippen molar-refractivity contribution in [3.8, 4) is 0 Å². The highest BCUT2D eigenvalue weighted by Crippen LogP contribution is 2.27. The van der Waals surface area contributed by atoms with E-state index in [-0.39, 0.29) is 18.1 Å². The average Bonchev–Trinajstić information content (AvgIpc) is 2.82. The molecule has 0 saturated heterocycles. The van der Waals surface area contributed by atoms with E-state index in [1.807, 2.05) is 49.4 Å². The maximum atomic E-state index is 12.6. The van der Waals surface area contributed by atoms with Gasteiger partial charge < -0.3 is 5.32 Å². The van der Waals surface area contributed by atoms with E-state index in [4.69, 9.17) is 0 Å². The standard InChI is InChI=1S/C20H23N3O2/c1-13(2)15-9-7-8-14(3)19(15)21-18(24)12-23-17-11-6-5-10-16(17)22(4)20(23)25/h5-11,13H,12H2,1-4H3,(H,21,24). The summed E-state index contributed by atoms with van der Waals surface area (Å²) >= 11 is 0. The summed E-state index contributed by atoms with van der Waals surface area (Å²) in [5.74, 6) is 0.102. The van der Waals surface area contributed by atoms with Crippen LogP contribution in [0.4, 0.5) is 5.69 Å². The molecule has 0 fully saturated rings. The highest BCUT2D eigenvalue weighted by atomic mass is 16.2. The van der Waals surface area contributed by atoms with Crippen molar-refractivity contribution >= 4 is 22.6 Å². The first kappa shape index (κ1) is 17.0. The number of para-hydroxylation sites is 3. The molecule has 0 radical (unpaired) electrons. The Kier molecular flexibility index (Phi) is 4.49. The van der Waals surface area contributed by atoms with Crippen LogP contribution in [0.1, 0.15) is 30.9 Å². The van der Waals surface area contributed by atoms with Crippen LogP contribution in [-0.2, 0) is 18.4 Å². The molecule has 1 amide bonds. The lowest BCUT2D eigenvalue weighted by Gasteiger charge is -2.16. The number of carbonyl (C=O) groups excluding carboxylic acids is 1. The smallest absolute Gasteiger partial charge is 0.324 e. The quantitative estimate of drug-likeness (QED) is 0.793. The summed E-state index contributed by atoms with van der Waals surface area (Å²) in [6.45, 7) is 6.16. The number of carbonyl (C=O) groups is 1. The van der Waals surface area contributed by atoms with Gasteiger partial charge in [-0.25, -0.2) is 4.79 Å². The van der Waals surface area contributed by atoms with Gasteiger partial charge in [0.15, 0.2) is 0 Å². The van der Waals surface area contributed by atoms with E-state index >= 15 is 0 Å². The zero-order valence-corrected chi connectivity index (χ0v) is 15.0. The van der Waals surface area contributed by atoms with Crippen molar-refractivity contribution in [3.63, 3.8) is 0 Å². The molecule has 5 heteroatoms. The van der Waals surface area contributed by atoms with E-state index in [1.54, 1.807) is 11.6 Å². The van der Waals surface area contributed by atoms with Crippen LogP contribution in [0.2, 0.25) is 0 Å². The van der Waals surface area contributed by atoms with Gasteiger partial charge in [0.1, 0.15) is 6.54 Å². The molecule has 1 aromatic heterocycles. The van der Waals surface area contributed by atoms with Gasteiger partial charge in [0.25, 0.3) is 0 Å². The Hall–Kier alpha value is -2.82. The van der Waals surface area contributed by atoms with Gasteiger partial charge in [-0.05, 0) is 36.1 Å². The van der Waals surface area contributed by atoms with Crippen LogP contribution in [0.25, 0.3) is 11.0 Å². The van der Waals surface area contributed by atoms with Crippen molar-refractivity contribution < 1.29 is 4.79 Å². The number of hydrogen-bond donors (Lipinski definition) is 1. The molecule has 0 unspecified atom stereocenters. The lowest BCUT2D eigenvalue weighted by atomic mass is 9.98. The van der Waals surface area contributed by atoms with E-state index in [0.717, 1.165) is 27.8 Å². The Labute approximate surface area is 146 Å². The fourth-order valence-electron chi connectivity index (χ4n) is 3.18. The second-order valence-electron chi connectivity index (χ2n) is 6.66. The molecule has 2 aromatic carbocycles. The maximum absolute atomic E-state index is 12.6. The fourth-order valence-corrected chi connectivity index (χ4v) is 3.18. The number of imidazole rings is 1. The topological polar surface area (TPSA) is 56.0 Å². The monoisotopic (exact) mass is 337 g/mol. The van der Waals surface area contributed by atoms with Gasteiger partial charge in [0.2, 0.25) is 5.91 Å². The highest BCUT2D eigenvalue weighted by molar-refractivity contribution is 5.93. The Morgan fingerprint density at radius 2 is 1.76 bits per heavy atom. The molecule has 0 aliphatic rings. The lowest BCUT2D eigenvalue weighted by Crippen LogP contribution is -2.28. The van der Waals surface area contributed by atoms with Crippen molar-refractivity contribution in [2.24, 2.45) is 7.05 Å². The summed E-state index contributed by atoms with van der Waals surface area (Å²) in [5, 5.41) is 3.00. The first-order valence-corrected chi connectivity index (χ1v) is 8.43. The molecule has 5 nitrogen and oxygen atoms in total. The molecule has 3 rings (SSSR count). The summed E-state index contributed by atoms with van der Waals surface area (Å²) < 4.78 is 3.08. The number of aryl methyl sites for hydroxylation is 2. The highest BCUT2D eigenvalue weighted by Gasteiger charge is 2.16. The van der Waals surface area contributed by atoms with Gasteiger partial charge in [-0.15, -0.1) is 0 Å². The summed E-state index contributed by atoms with van der Waals surface area (Å²) in [5.41, 5.74) is 4.35. The predicted octanol–water partition coefficient (Wildman–Crippen LogP) is 3.41. The third-order valence-corrected chi connectivity index (χ3v) is 4.54. The van der Waals surface area contributed by atoms with Gasteiger partial charge in [-0.2, -0.15) is 0 Å². The van der Waals surface area contributed by atoms with Crippen molar-refractivity contribution in [3.05, 3.63) is 64.1 Å². The molecule has 130 valence electrons. The molecule has 1 heterocycles. The number of fused-ring (bicyclic) bond motifs is 1. The van der Waals surface area contributed by atoms with Crippen LogP contribution in [0.3, 0.4) is 0 Å². The Bertz CT molecular complexity index is 996. The largest absolute Gasteiger partial charge is 0.329 e. The van der Waals surface area contributed by atoms with Crippen molar-refractivity contribution in [2.45, 2.75) is 33.2 Å². The van der Waals surface area contributed by atoms with E-state index in [9.17, 15) is 9.59 Å². The van der Waals surface area contributed by atoms with Gasteiger partial charge in [0, 0.05) is 12.7 Å². The molecular formula is C20H23N3O2. The number of nitrogens with one attached hydrogen (secondary N) is 1. The number of hydrogen-bond acceptors (Lipinski definition) is 2. The van der Waals surface area contributed by atoms with Crippen LogP contribution in [0.5, 0.6) is 0 Å². The first-order valence-electron chi connectivity index (χ1n) is 8.43. The molecule has 3 aromatic rings. The van der Waals surface area contributed by atoms with E-state index in [0.29, 0.717) is 5.92 Å². The Morgan fingerprint density at radius 1 is 1.08 bits per heavy atom. The van der Waals surface area contributed by atoms with Crippen molar-refractivity contribution in [1.29, 1.82) is 0 Å². The summed E-state index contributed by atoms with van der Waals surface area (Å²) in [6.07, 6.45) is 0. The van der Waals surface area contributed by atoms with E-state index in [1.165, 1.54) is 4.57 Å². The van der Waals surface area contributed by atoms with E-state index in [2.05, 4.69) is 19.2 Å². The first-order chi connectivity index (χ1) is 11.9. The van der Waals surface area contributed by atoms with Gasteiger partial charge in [0.05, 0.1) is 11.0 Å². The molecule has 0 saturated carbocycles. The normalized spacial score (nSPS) is 11.2. The predicted molar refractivity (Wildman–Crippen MR) is 101 cm³/mol. The van der Waals surface area contributed by atoms with Gasteiger partial charge in [-0.3, -0.25) is 13.9 Å². The molecule has 0 atom stereocenters. The van der Waals surface area contributed by atoms with Crippen molar-refractivity contribution in [1.82, 2.24) is 9.13 Å². The maximum Gasteiger partial charge on any atom is 0.329 e. The molecule has 0 aliphatic heterocycles. The molecular weight excluding hydrogens is 314 g/mol. The number of benzene rings is 2. The number of rotatable bonds is 4. The third kappa shape index (κ3) is 3.09. The number of anilines is 1. The molecule has 1 N–H and O–H groups in total. The lowest BCUT2D eigenvalue weighted by molar-refractivity contribution is -0.116. The van der Waals surface area contributed by atoms with Gasteiger partial charge >= 0.3 is 5.69 Å². The Balaban J connectivity index is 1.93. The zero-order valence-electron chi connectivity index (χ0n) is 15.0. The average molecular weight is 337 g/mol. The minimum Gasteiger partial charge on any atom is -0.324 e. The molecule has 25 heavy (non-hydrogen) atoms. The summed E-state index contributed by atoms with van der Waals surface area (Å²) in [4.78, 5) is 25.1. The van der Waals surface area contributed by atoms with Crippen LogP contribution in [0, 0.1) is 6.92 Å². The number of nitrogens with zero attached hydrogens (tertiary/aromatic N) is 2. The second kappa shape index (κ2) is 6.59. The van der Waals surface area contributed by atoms with Crippen LogP contribution < -0.4 is 11.0 Å². The fraction of sp³-hybridized carbons (Fsp3) is 0.300. The zero-order chi connectivity index (χ0) is 18.1. The summed E-state index contributed by atoms with van der Waals surface area (Å²) in [6, 6.07) is 13.5. The minimum atomic E-state index is -0.199. The number of aromatic nitrogens is 2. The van der Waals surface area contributed by atoms with Crippen molar-refractivity contribution in [2.75, 3.05) is 5.32 Å². The molecule has 0 spiro atoms. The van der Waals surface area contributed by atoms with Gasteiger partial charge in [-0.1, -0.05) is 44.2 Å². The number of amides is 1. The molecule has 0 aliphatic carbocycles. The van der Waals surface area contributed by atoms with Crippen LogP contribution in [0.15, 0.2) is 47.3 Å². The summed E-state index contributed by atoms with van der Waals surface area (Å²) in [7, 11) is 1.72. The molecule has 0 bridgehead atoms. The van der Waals surface area contributed by atoms with E-state index < -0.39 is 0 Å². The van der Waals surface area contributed by atoms with Crippen LogP contribution in [-0.4, -0.2) is 15.0 Å². The SMILES string of the molecule is Cc1cccc(C(C)C)c1NC(=O)Cn1c(=O)n(C)c2ccccc21. The second-order valence-corrected chi connectivity index (χ2v) is 6.66.